The second kappa shape index (κ2) is 10.4. The average Bonchev–Trinajstić information content (AvgIpc) is 3.49. The minimum Gasteiger partial charge on any atom is -0.428 e. The SMILES string of the molecule is On1ccc2c3ccccc3nc-2c1C1=C[C@@]2(O)CC/C=C\CCCCN3CC[C@@H]1[C@]1(C[C@@H]4C=CCCCCN4[C@H]12)C3. The molecule has 42 heavy (non-hydrogen) atoms. The Hall–Kier alpha value is -2.93. The van der Waals surface area contributed by atoms with E-state index >= 15 is 0 Å². The van der Waals surface area contributed by atoms with Crippen molar-refractivity contribution in [2.75, 3.05) is 26.2 Å². The van der Waals surface area contributed by atoms with Crippen LogP contribution in [0.15, 0.2) is 66.9 Å². The van der Waals surface area contributed by atoms with Crippen molar-refractivity contribution in [1.29, 1.82) is 0 Å². The topological polar surface area (TPSA) is 64.8 Å². The van der Waals surface area contributed by atoms with Crippen LogP contribution in [-0.4, -0.2) is 73.7 Å². The van der Waals surface area contributed by atoms with E-state index in [1.54, 1.807) is 6.20 Å². The minimum absolute atomic E-state index is 0.0569. The van der Waals surface area contributed by atoms with E-state index in [0.717, 1.165) is 91.7 Å². The third-order valence-electron chi connectivity index (χ3n) is 11.3. The molecule has 1 aromatic rings. The van der Waals surface area contributed by atoms with Gasteiger partial charge in [0.15, 0.2) is 0 Å². The van der Waals surface area contributed by atoms with Crippen LogP contribution in [0.5, 0.6) is 0 Å². The second-order valence-corrected chi connectivity index (χ2v) is 13.7. The Morgan fingerprint density at radius 3 is 2.67 bits per heavy atom. The standard InChI is InChI=1S/C36H44N4O2/c41-36-18-10-4-1-2-5-11-19-38-21-17-30(35(25-38)23-26-13-7-3-6-12-20-39(26)34(35)36)29(24-36)33-32-28(16-22-40(33)42)27-14-8-9-15-31(27)37-32/h1,4,7-9,13-16,22,24,26,30,34,41-42H,2-3,5-6,10-12,17-21,23,25H2/b4-1-,13-7?/t26-,30-,34+,35-,36-/m0/s1. The highest BCUT2D eigenvalue weighted by molar-refractivity contribution is 6.00. The molecule has 0 amide bonds. The lowest BCUT2D eigenvalue weighted by Gasteiger charge is -2.58. The lowest BCUT2D eigenvalue weighted by Crippen LogP contribution is -2.65. The monoisotopic (exact) mass is 564 g/mol. The fourth-order valence-electron chi connectivity index (χ4n) is 9.65. The lowest BCUT2D eigenvalue weighted by atomic mass is 9.54. The van der Waals surface area contributed by atoms with E-state index in [-0.39, 0.29) is 17.4 Å². The molecule has 1 spiro atoms. The second-order valence-electron chi connectivity index (χ2n) is 13.7. The molecule has 220 valence electrons. The molecule has 2 N–H and O–H groups in total. The maximum atomic E-state index is 13.1. The van der Waals surface area contributed by atoms with E-state index in [1.165, 1.54) is 30.4 Å². The maximum Gasteiger partial charge on any atom is 0.109 e. The van der Waals surface area contributed by atoms with Crippen LogP contribution in [0.2, 0.25) is 0 Å². The number of allylic oxidation sites excluding steroid dienone is 4. The largest absolute Gasteiger partial charge is 0.428 e. The summed E-state index contributed by atoms with van der Waals surface area (Å²) in [5, 5.41) is 25.7. The predicted molar refractivity (Wildman–Crippen MR) is 168 cm³/mol. The van der Waals surface area contributed by atoms with Crippen molar-refractivity contribution in [2.24, 2.45) is 11.3 Å². The van der Waals surface area contributed by atoms with E-state index in [0.29, 0.717) is 12.5 Å². The fourth-order valence-corrected chi connectivity index (χ4v) is 9.65. The molecule has 0 radical (unpaired) electrons. The number of piperidine rings is 1. The molecular weight excluding hydrogens is 520 g/mol. The normalized spacial score (nSPS) is 36.3. The molecule has 6 nitrogen and oxygen atoms in total. The van der Waals surface area contributed by atoms with Crippen molar-refractivity contribution in [3.63, 3.8) is 0 Å². The molecule has 0 saturated carbocycles. The summed E-state index contributed by atoms with van der Waals surface area (Å²) in [5.74, 6) is 0.241. The van der Waals surface area contributed by atoms with Crippen LogP contribution in [-0.2, 0) is 0 Å². The Morgan fingerprint density at radius 2 is 1.74 bits per heavy atom. The lowest BCUT2D eigenvalue weighted by molar-refractivity contribution is -0.0897. The Bertz CT molecular complexity index is 1540. The average molecular weight is 565 g/mol. The number of fused-ring (bicyclic) bond motifs is 5. The van der Waals surface area contributed by atoms with Crippen molar-refractivity contribution in [2.45, 2.75) is 81.9 Å². The summed E-state index contributed by atoms with van der Waals surface area (Å²) < 4.78 is 1.30. The Morgan fingerprint density at radius 1 is 0.905 bits per heavy atom. The van der Waals surface area contributed by atoms with E-state index in [4.69, 9.17) is 4.98 Å². The van der Waals surface area contributed by atoms with Gasteiger partial charge >= 0.3 is 0 Å². The highest BCUT2D eigenvalue weighted by atomic mass is 16.5. The summed E-state index contributed by atoms with van der Waals surface area (Å²) >= 11 is 0. The molecule has 2 saturated heterocycles. The molecule has 6 aliphatic heterocycles. The zero-order valence-corrected chi connectivity index (χ0v) is 24.7. The van der Waals surface area contributed by atoms with Crippen molar-refractivity contribution in [1.82, 2.24) is 19.5 Å². The first-order chi connectivity index (χ1) is 20.6. The highest BCUT2D eigenvalue weighted by Gasteiger charge is 2.65. The van der Waals surface area contributed by atoms with Gasteiger partial charge in [-0.05, 0) is 114 Å². The van der Waals surface area contributed by atoms with Crippen molar-refractivity contribution >= 4 is 16.5 Å². The molecule has 6 heterocycles. The van der Waals surface area contributed by atoms with Gasteiger partial charge in [0, 0.05) is 35.1 Å². The van der Waals surface area contributed by atoms with Crippen LogP contribution in [0, 0.1) is 11.3 Å². The summed E-state index contributed by atoms with van der Waals surface area (Å²) in [6, 6.07) is 10.7. The van der Waals surface area contributed by atoms with E-state index in [2.05, 4.69) is 58.4 Å². The number of para-hydroxylation sites is 1. The molecule has 7 aliphatic rings. The zero-order valence-electron chi connectivity index (χ0n) is 24.7. The molecule has 1 unspecified atom stereocenters. The summed E-state index contributed by atoms with van der Waals surface area (Å²) in [6.07, 6.45) is 24.2. The van der Waals surface area contributed by atoms with Crippen LogP contribution in [0.3, 0.4) is 0 Å². The smallest absolute Gasteiger partial charge is 0.109 e. The van der Waals surface area contributed by atoms with E-state index in [9.17, 15) is 10.3 Å². The number of rotatable bonds is 1. The Balaban J connectivity index is 1.35. The van der Waals surface area contributed by atoms with Gasteiger partial charge in [-0.25, -0.2) is 4.98 Å². The summed E-state index contributed by atoms with van der Waals surface area (Å²) in [5.41, 5.74) is 3.63. The van der Waals surface area contributed by atoms with Gasteiger partial charge in [-0.3, -0.25) is 4.90 Å². The summed E-state index contributed by atoms with van der Waals surface area (Å²) in [4.78, 5) is 10.5. The molecule has 8 rings (SSSR count). The molecule has 6 heteroatoms. The van der Waals surface area contributed by atoms with Gasteiger partial charge in [0.25, 0.3) is 0 Å². The third kappa shape index (κ3) is 4.13. The number of aromatic nitrogens is 2. The van der Waals surface area contributed by atoms with Crippen LogP contribution < -0.4 is 0 Å². The maximum absolute atomic E-state index is 13.1. The molecule has 1 aliphatic carbocycles. The van der Waals surface area contributed by atoms with Gasteiger partial charge < -0.3 is 15.2 Å². The fraction of sp³-hybridized carbons (Fsp3) is 0.528. The zero-order chi connectivity index (χ0) is 28.3. The number of nitrogens with zero attached hydrogens (tertiary/aromatic N) is 4. The molecule has 2 fully saturated rings. The molecule has 6 atom stereocenters. The van der Waals surface area contributed by atoms with Crippen LogP contribution in [0.1, 0.15) is 69.9 Å². The van der Waals surface area contributed by atoms with Gasteiger partial charge in [-0.15, -0.1) is 0 Å². The molecular formula is C36H44N4O2. The van der Waals surface area contributed by atoms with Crippen LogP contribution >= 0.6 is 0 Å². The van der Waals surface area contributed by atoms with Gasteiger partial charge in [-0.2, -0.15) is 4.73 Å². The van der Waals surface area contributed by atoms with Crippen molar-refractivity contribution < 1.29 is 10.3 Å². The van der Waals surface area contributed by atoms with Crippen molar-refractivity contribution in [3.8, 4) is 11.3 Å². The van der Waals surface area contributed by atoms with E-state index in [1.807, 2.05) is 12.1 Å². The van der Waals surface area contributed by atoms with Crippen molar-refractivity contribution in [3.05, 3.63) is 72.6 Å². The number of hydrogen-bond donors (Lipinski definition) is 2. The molecule has 1 aromatic carbocycles. The Kier molecular flexibility index (Phi) is 6.58. The quantitative estimate of drug-likeness (QED) is 0.260. The first-order valence-electron chi connectivity index (χ1n) is 16.4. The van der Waals surface area contributed by atoms with Gasteiger partial charge in [-0.1, -0.05) is 42.5 Å². The van der Waals surface area contributed by atoms with E-state index < -0.39 is 5.60 Å². The number of benzene rings is 1. The summed E-state index contributed by atoms with van der Waals surface area (Å²) in [7, 11) is 0. The minimum atomic E-state index is -1.00. The first-order valence-corrected chi connectivity index (χ1v) is 16.4. The number of aliphatic hydroxyl groups is 1. The first kappa shape index (κ1) is 26.7. The van der Waals surface area contributed by atoms with Gasteiger partial charge in [0.2, 0.25) is 0 Å². The van der Waals surface area contributed by atoms with Gasteiger partial charge in [0.05, 0.1) is 22.9 Å². The highest BCUT2D eigenvalue weighted by Crippen LogP contribution is 2.62. The molecule has 0 aromatic heterocycles. The molecule has 3 bridgehead atoms. The van der Waals surface area contributed by atoms with Crippen LogP contribution in [0.25, 0.3) is 27.7 Å². The van der Waals surface area contributed by atoms with Crippen LogP contribution in [0.4, 0.5) is 0 Å². The number of pyridine rings is 1. The predicted octanol–water partition coefficient (Wildman–Crippen LogP) is 6.52. The summed E-state index contributed by atoms with van der Waals surface area (Å²) in [6.45, 7) is 4.23. The number of hydrogen-bond acceptors (Lipinski definition) is 5. The van der Waals surface area contributed by atoms with Gasteiger partial charge in [0.1, 0.15) is 5.69 Å². The Labute approximate surface area is 249 Å². The third-order valence-corrected chi connectivity index (χ3v) is 11.3.